The number of halogens is 2. The first kappa shape index (κ1) is 13.6. The van der Waals surface area contributed by atoms with E-state index < -0.39 is 0 Å². The lowest BCUT2D eigenvalue weighted by Gasteiger charge is -2.08. The maximum atomic E-state index is 5.92. The summed E-state index contributed by atoms with van der Waals surface area (Å²) in [6.07, 6.45) is 0.887. The van der Waals surface area contributed by atoms with Crippen molar-refractivity contribution in [3.63, 3.8) is 0 Å². The van der Waals surface area contributed by atoms with Crippen molar-refractivity contribution >= 4 is 27.5 Å². The maximum Gasteiger partial charge on any atom is 0.154 e. The standard InChI is InChI=1S/C13H15BrClN3/c1-4-11-5-10(7-15)6-12(16-11)18-9(3)13(14)8(2)17-18/h5-6H,4,7H2,1-3H3. The van der Waals surface area contributed by atoms with E-state index in [1.54, 1.807) is 0 Å². The molecule has 0 aliphatic carbocycles. The summed E-state index contributed by atoms with van der Waals surface area (Å²) in [7, 11) is 0. The number of aryl methyl sites for hydroxylation is 2. The van der Waals surface area contributed by atoms with Gasteiger partial charge in [0.1, 0.15) is 0 Å². The Labute approximate surface area is 120 Å². The van der Waals surface area contributed by atoms with Gasteiger partial charge in [0.15, 0.2) is 5.82 Å². The van der Waals surface area contributed by atoms with Crippen LogP contribution in [0.1, 0.15) is 29.6 Å². The van der Waals surface area contributed by atoms with Gasteiger partial charge in [-0.2, -0.15) is 5.10 Å². The molecule has 0 atom stereocenters. The average Bonchev–Trinajstić information content (AvgIpc) is 2.65. The summed E-state index contributed by atoms with van der Waals surface area (Å²) in [6.45, 7) is 6.08. The minimum Gasteiger partial charge on any atom is -0.234 e. The molecule has 18 heavy (non-hydrogen) atoms. The summed E-state index contributed by atoms with van der Waals surface area (Å²) in [5.74, 6) is 1.32. The van der Waals surface area contributed by atoms with Gasteiger partial charge < -0.3 is 0 Å². The molecule has 0 saturated carbocycles. The fourth-order valence-corrected chi connectivity index (χ4v) is 2.25. The van der Waals surface area contributed by atoms with E-state index in [9.17, 15) is 0 Å². The summed E-state index contributed by atoms with van der Waals surface area (Å²) >= 11 is 9.46. The minimum atomic E-state index is 0.489. The second-order valence-corrected chi connectivity index (χ2v) is 5.27. The molecule has 0 N–H and O–H groups in total. The lowest BCUT2D eigenvalue weighted by Crippen LogP contribution is -2.05. The van der Waals surface area contributed by atoms with Gasteiger partial charge in [0.05, 0.1) is 15.9 Å². The summed E-state index contributed by atoms with van der Waals surface area (Å²) in [5, 5.41) is 4.50. The number of nitrogens with zero attached hydrogens (tertiary/aromatic N) is 3. The lowest BCUT2D eigenvalue weighted by atomic mass is 10.2. The number of pyridine rings is 1. The van der Waals surface area contributed by atoms with Gasteiger partial charge in [-0.1, -0.05) is 6.92 Å². The van der Waals surface area contributed by atoms with Crippen molar-refractivity contribution in [1.82, 2.24) is 14.8 Å². The van der Waals surface area contributed by atoms with E-state index in [2.05, 4.69) is 32.9 Å². The summed E-state index contributed by atoms with van der Waals surface area (Å²) in [6, 6.07) is 4.02. The van der Waals surface area contributed by atoms with Crippen LogP contribution in [0.25, 0.3) is 5.82 Å². The molecule has 0 unspecified atom stereocenters. The third-order valence-electron chi connectivity index (χ3n) is 2.86. The van der Waals surface area contributed by atoms with E-state index >= 15 is 0 Å². The zero-order valence-corrected chi connectivity index (χ0v) is 13.0. The smallest absolute Gasteiger partial charge is 0.154 e. The van der Waals surface area contributed by atoms with Gasteiger partial charge in [-0.25, -0.2) is 9.67 Å². The number of rotatable bonds is 3. The highest BCUT2D eigenvalue weighted by Crippen LogP contribution is 2.23. The highest BCUT2D eigenvalue weighted by atomic mass is 79.9. The van der Waals surface area contributed by atoms with E-state index in [0.717, 1.165) is 39.4 Å². The molecule has 0 aliphatic rings. The van der Waals surface area contributed by atoms with Crippen LogP contribution in [0, 0.1) is 13.8 Å². The van der Waals surface area contributed by atoms with E-state index in [-0.39, 0.29) is 0 Å². The van der Waals surface area contributed by atoms with Crippen molar-refractivity contribution in [2.75, 3.05) is 0 Å². The van der Waals surface area contributed by atoms with Crippen LogP contribution in [-0.2, 0) is 12.3 Å². The molecule has 0 bridgehead atoms. The molecule has 5 heteroatoms. The Morgan fingerprint density at radius 2 is 2.06 bits per heavy atom. The third-order valence-corrected chi connectivity index (χ3v) is 4.32. The van der Waals surface area contributed by atoms with Gasteiger partial charge in [0, 0.05) is 11.6 Å². The molecule has 3 nitrogen and oxygen atoms in total. The van der Waals surface area contributed by atoms with Crippen molar-refractivity contribution in [2.24, 2.45) is 0 Å². The summed E-state index contributed by atoms with van der Waals surface area (Å²) in [5.41, 5.74) is 4.12. The zero-order chi connectivity index (χ0) is 13.3. The molecular weight excluding hydrogens is 314 g/mol. The minimum absolute atomic E-state index is 0.489. The number of aromatic nitrogens is 3. The van der Waals surface area contributed by atoms with Crippen LogP contribution in [0.15, 0.2) is 16.6 Å². The highest BCUT2D eigenvalue weighted by Gasteiger charge is 2.12. The molecule has 2 rings (SSSR count). The average molecular weight is 329 g/mol. The third kappa shape index (κ3) is 2.45. The van der Waals surface area contributed by atoms with Gasteiger partial charge in [0.2, 0.25) is 0 Å². The van der Waals surface area contributed by atoms with E-state index in [0.29, 0.717) is 5.88 Å². The van der Waals surface area contributed by atoms with E-state index in [1.807, 2.05) is 30.7 Å². The maximum absolute atomic E-state index is 5.92. The fourth-order valence-electron chi connectivity index (χ4n) is 1.85. The highest BCUT2D eigenvalue weighted by molar-refractivity contribution is 9.10. The quantitative estimate of drug-likeness (QED) is 0.799. The molecule has 0 saturated heterocycles. The molecule has 0 fully saturated rings. The molecule has 0 amide bonds. The second-order valence-electron chi connectivity index (χ2n) is 4.21. The van der Waals surface area contributed by atoms with Gasteiger partial charge in [-0.05, 0) is 53.9 Å². The Bertz CT molecular complexity index is 556. The first-order chi connectivity index (χ1) is 8.56. The molecule has 2 aromatic heterocycles. The van der Waals surface area contributed by atoms with Crippen molar-refractivity contribution in [3.05, 3.63) is 39.3 Å². The number of hydrogen-bond donors (Lipinski definition) is 0. The van der Waals surface area contributed by atoms with Gasteiger partial charge >= 0.3 is 0 Å². The van der Waals surface area contributed by atoms with Crippen LogP contribution < -0.4 is 0 Å². The SMILES string of the molecule is CCc1cc(CCl)cc(-n2nc(C)c(Br)c2C)n1. The van der Waals surface area contributed by atoms with Crippen molar-refractivity contribution in [1.29, 1.82) is 0 Å². The zero-order valence-electron chi connectivity index (χ0n) is 10.7. The molecule has 0 spiro atoms. The van der Waals surface area contributed by atoms with Crippen molar-refractivity contribution in [2.45, 2.75) is 33.1 Å². The van der Waals surface area contributed by atoms with Crippen LogP contribution in [0.3, 0.4) is 0 Å². The Morgan fingerprint density at radius 1 is 1.33 bits per heavy atom. The summed E-state index contributed by atoms with van der Waals surface area (Å²) < 4.78 is 2.88. The first-order valence-corrected chi connectivity index (χ1v) is 7.17. The Kier molecular flexibility index (Phi) is 4.07. The van der Waals surface area contributed by atoms with Crippen LogP contribution in [0.2, 0.25) is 0 Å². The molecular formula is C13H15BrClN3. The number of alkyl halides is 1. The Morgan fingerprint density at radius 3 is 2.56 bits per heavy atom. The lowest BCUT2D eigenvalue weighted by molar-refractivity contribution is 0.794. The van der Waals surface area contributed by atoms with Gasteiger partial charge in [0.25, 0.3) is 0 Å². The van der Waals surface area contributed by atoms with E-state index in [4.69, 9.17) is 11.6 Å². The predicted molar refractivity (Wildman–Crippen MR) is 77.5 cm³/mol. The predicted octanol–water partition coefficient (Wildman–Crippen LogP) is 3.95. The summed E-state index contributed by atoms with van der Waals surface area (Å²) in [4.78, 5) is 4.61. The van der Waals surface area contributed by atoms with Gasteiger partial charge in [-0.3, -0.25) is 0 Å². The van der Waals surface area contributed by atoms with Crippen LogP contribution in [0.4, 0.5) is 0 Å². The van der Waals surface area contributed by atoms with E-state index in [1.165, 1.54) is 0 Å². The van der Waals surface area contributed by atoms with Crippen LogP contribution in [-0.4, -0.2) is 14.8 Å². The fraction of sp³-hybridized carbons (Fsp3) is 0.385. The monoisotopic (exact) mass is 327 g/mol. The Hall–Kier alpha value is -0.870. The second kappa shape index (κ2) is 5.41. The Balaban J connectivity index is 2.59. The first-order valence-electron chi connectivity index (χ1n) is 5.84. The topological polar surface area (TPSA) is 30.7 Å². The van der Waals surface area contributed by atoms with Gasteiger partial charge in [-0.15, -0.1) is 11.6 Å². The normalized spacial score (nSPS) is 10.9. The molecule has 0 aromatic carbocycles. The van der Waals surface area contributed by atoms with Crippen molar-refractivity contribution in [3.8, 4) is 5.82 Å². The molecule has 0 aliphatic heterocycles. The molecule has 0 radical (unpaired) electrons. The largest absolute Gasteiger partial charge is 0.234 e. The van der Waals surface area contributed by atoms with Crippen molar-refractivity contribution < 1.29 is 0 Å². The molecule has 96 valence electrons. The molecule has 2 heterocycles. The van der Waals surface area contributed by atoms with Crippen LogP contribution in [0.5, 0.6) is 0 Å². The van der Waals surface area contributed by atoms with Crippen LogP contribution >= 0.6 is 27.5 Å². The number of hydrogen-bond acceptors (Lipinski definition) is 2. The molecule has 2 aromatic rings.